The molecule has 19 heavy (non-hydrogen) atoms. The average Bonchev–Trinajstić information content (AvgIpc) is 3.12. The number of anilines is 1. The lowest BCUT2D eigenvalue weighted by Crippen LogP contribution is -2.09. The van der Waals surface area contributed by atoms with Gasteiger partial charge in [0.15, 0.2) is 0 Å². The van der Waals surface area contributed by atoms with E-state index in [0.29, 0.717) is 17.5 Å². The molecule has 1 aliphatic carbocycles. The number of nitrogens with zero attached hydrogens (tertiary/aromatic N) is 3. The van der Waals surface area contributed by atoms with Gasteiger partial charge in [0.05, 0.1) is 5.69 Å². The SMILES string of the molecule is Cc1nn(C)c(NC2CC2c2ccccc2)c1C#N. The van der Waals surface area contributed by atoms with Crippen LogP contribution in [0.15, 0.2) is 30.3 Å². The summed E-state index contributed by atoms with van der Waals surface area (Å²) in [4.78, 5) is 0. The largest absolute Gasteiger partial charge is 0.366 e. The van der Waals surface area contributed by atoms with Gasteiger partial charge in [-0.15, -0.1) is 0 Å². The summed E-state index contributed by atoms with van der Waals surface area (Å²) in [6.45, 7) is 1.87. The molecular formula is C15H16N4. The van der Waals surface area contributed by atoms with Crippen molar-refractivity contribution in [1.82, 2.24) is 9.78 Å². The first-order valence-electron chi connectivity index (χ1n) is 6.46. The molecule has 0 bridgehead atoms. The Hall–Kier alpha value is -2.28. The van der Waals surface area contributed by atoms with Crippen molar-refractivity contribution >= 4 is 5.82 Å². The monoisotopic (exact) mass is 252 g/mol. The second kappa shape index (κ2) is 4.43. The summed E-state index contributed by atoms with van der Waals surface area (Å²) in [5, 5.41) is 16.9. The number of rotatable bonds is 3. The molecule has 1 aromatic carbocycles. The van der Waals surface area contributed by atoms with Crippen LogP contribution in [0.25, 0.3) is 0 Å². The summed E-state index contributed by atoms with van der Waals surface area (Å²) in [6.07, 6.45) is 1.11. The molecule has 1 aliphatic rings. The zero-order valence-corrected chi connectivity index (χ0v) is 11.1. The summed E-state index contributed by atoms with van der Waals surface area (Å²) >= 11 is 0. The van der Waals surface area contributed by atoms with Crippen molar-refractivity contribution in [3.63, 3.8) is 0 Å². The van der Waals surface area contributed by atoms with Gasteiger partial charge in [0.1, 0.15) is 17.5 Å². The van der Waals surface area contributed by atoms with Gasteiger partial charge < -0.3 is 5.32 Å². The van der Waals surface area contributed by atoms with E-state index >= 15 is 0 Å². The van der Waals surface area contributed by atoms with E-state index in [-0.39, 0.29) is 0 Å². The topological polar surface area (TPSA) is 53.6 Å². The third-order valence-electron chi connectivity index (χ3n) is 3.67. The fourth-order valence-corrected chi connectivity index (χ4v) is 2.56. The minimum absolute atomic E-state index is 0.407. The molecule has 1 saturated carbocycles. The summed E-state index contributed by atoms with van der Waals surface area (Å²) in [5.41, 5.74) is 2.79. The van der Waals surface area contributed by atoms with E-state index in [1.54, 1.807) is 4.68 Å². The molecule has 96 valence electrons. The van der Waals surface area contributed by atoms with Gasteiger partial charge in [0.2, 0.25) is 0 Å². The van der Waals surface area contributed by atoms with Crippen molar-refractivity contribution in [2.75, 3.05) is 5.32 Å². The Bertz CT molecular complexity index is 636. The molecule has 3 rings (SSSR count). The van der Waals surface area contributed by atoms with Crippen LogP contribution in [-0.4, -0.2) is 15.8 Å². The third-order valence-corrected chi connectivity index (χ3v) is 3.67. The Morgan fingerprint density at radius 2 is 2.11 bits per heavy atom. The molecule has 2 aromatic rings. The number of nitriles is 1. The van der Waals surface area contributed by atoms with Gasteiger partial charge in [0, 0.05) is 19.0 Å². The fraction of sp³-hybridized carbons (Fsp3) is 0.333. The maximum atomic E-state index is 9.19. The predicted octanol–water partition coefficient (Wildman–Crippen LogP) is 2.57. The standard InChI is InChI=1S/C15H16N4/c1-10-13(9-16)15(19(2)18-10)17-14-8-12(14)11-6-4-3-5-7-11/h3-7,12,14,17H,8H2,1-2H3. The van der Waals surface area contributed by atoms with E-state index < -0.39 is 0 Å². The molecule has 0 amide bonds. The molecule has 4 nitrogen and oxygen atoms in total. The first kappa shape index (κ1) is 11.8. The van der Waals surface area contributed by atoms with Gasteiger partial charge in [-0.3, -0.25) is 4.68 Å². The van der Waals surface area contributed by atoms with Gasteiger partial charge in [-0.2, -0.15) is 10.4 Å². The van der Waals surface area contributed by atoms with Crippen molar-refractivity contribution in [1.29, 1.82) is 5.26 Å². The van der Waals surface area contributed by atoms with Gasteiger partial charge in [-0.25, -0.2) is 0 Å². The molecule has 0 aliphatic heterocycles. The van der Waals surface area contributed by atoms with Crippen LogP contribution in [0.5, 0.6) is 0 Å². The maximum absolute atomic E-state index is 9.19. The van der Waals surface area contributed by atoms with Crippen molar-refractivity contribution < 1.29 is 0 Å². The first-order chi connectivity index (χ1) is 9.20. The lowest BCUT2D eigenvalue weighted by atomic mass is 10.1. The smallest absolute Gasteiger partial charge is 0.142 e. The molecule has 1 aromatic heterocycles. The molecule has 0 spiro atoms. The Labute approximate surface area is 112 Å². The average molecular weight is 252 g/mol. The predicted molar refractivity (Wildman–Crippen MR) is 73.9 cm³/mol. The van der Waals surface area contributed by atoms with Crippen LogP contribution in [-0.2, 0) is 7.05 Å². The van der Waals surface area contributed by atoms with Gasteiger partial charge in [-0.05, 0) is 18.9 Å². The van der Waals surface area contributed by atoms with Crippen LogP contribution in [0.2, 0.25) is 0 Å². The number of aryl methyl sites for hydroxylation is 2. The Kier molecular flexibility index (Phi) is 2.75. The van der Waals surface area contributed by atoms with Gasteiger partial charge >= 0.3 is 0 Å². The molecular weight excluding hydrogens is 236 g/mol. The Balaban J connectivity index is 1.77. The number of aromatic nitrogens is 2. The lowest BCUT2D eigenvalue weighted by molar-refractivity contribution is 0.756. The highest BCUT2D eigenvalue weighted by Crippen LogP contribution is 2.43. The van der Waals surface area contributed by atoms with Gasteiger partial charge in [-0.1, -0.05) is 30.3 Å². The minimum Gasteiger partial charge on any atom is -0.366 e. The normalized spacial score (nSPS) is 20.9. The molecule has 4 heteroatoms. The molecule has 2 atom stereocenters. The second-order valence-electron chi connectivity index (χ2n) is 5.05. The van der Waals surface area contributed by atoms with E-state index in [1.807, 2.05) is 20.0 Å². The molecule has 0 radical (unpaired) electrons. The van der Waals surface area contributed by atoms with Crippen LogP contribution < -0.4 is 5.32 Å². The molecule has 0 saturated heterocycles. The number of hydrogen-bond acceptors (Lipinski definition) is 3. The zero-order chi connectivity index (χ0) is 13.4. The van der Waals surface area contributed by atoms with Crippen molar-refractivity contribution in [2.24, 2.45) is 7.05 Å². The van der Waals surface area contributed by atoms with Crippen molar-refractivity contribution in [3.05, 3.63) is 47.2 Å². The molecule has 1 heterocycles. The highest BCUT2D eigenvalue weighted by atomic mass is 15.3. The van der Waals surface area contributed by atoms with Crippen LogP contribution >= 0.6 is 0 Å². The highest BCUT2D eigenvalue weighted by Gasteiger charge is 2.39. The second-order valence-corrected chi connectivity index (χ2v) is 5.05. The lowest BCUT2D eigenvalue weighted by Gasteiger charge is -2.06. The summed E-state index contributed by atoms with van der Waals surface area (Å²) in [6, 6.07) is 13.1. The maximum Gasteiger partial charge on any atom is 0.142 e. The van der Waals surface area contributed by atoms with E-state index in [4.69, 9.17) is 0 Å². The summed E-state index contributed by atoms with van der Waals surface area (Å²) in [5.74, 6) is 1.38. The van der Waals surface area contributed by atoms with E-state index in [2.05, 4.69) is 40.8 Å². The number of benzene rings is 1. The van der Waals surface area contributed by atoms with Gasteiger partial charge in [0.25, 0.3) is 0 Å². The first-order valence-corrected chi connectivity index (χ1v) is 6.46. The fourth-order valence-electron chi connectivity index (χ4n) is 2.56. The quantitative estimate of drug-likeness (QED) is 0.913. The summed E-state index contributed by atoms with van der Waals surface area (Å²) < 4.78 is 1.76. The third kappa shape index (κ3) is 2.08. The Morgan fingerprint density at radius 3 is 2.79 bits per heavy atom. The van der Waals surface area contributed by atoms with E-state index in [0.717, 1.165) is 17.9 Å². The molecule has 1 fully saturated rings. The van der Waals surface area contributed by atoms with E-state index in [9.17, 15) is 5.26 Å². The summed E-state index contributed by atoms with van der Waals surface area (Å²) in [7, 11) is 1.87. The number of hydrogen-bond donors (Lipinski definition) is 1. The van der Waals surface area contributed by atoms with Crippen LogP contribution in [0.3, 0.4) is 0 Å². The molecule has 2 unspecified atom stereocenters. The van der Waals surface area contributed by atoms with Crippen LogP contribution in [0.1, 0.15) is 29.2 Å². The molecule has 1 N–H and O–H groups in total. The zero-order valence-electron chi connectivity index (χ0n) is 11.1. The number of nitrogens with one attached hydrogen (secondary N) is 1. The van der Waals surface area contributed by atoms with Crippen molar-refractivity contribution in [2.45, 2.75) is 25.3 Å². The Morgan fingerprint density at radius 1 is 1.37 bits per heavy atom. The van der Waals surface area contributed by atoms with E-state index in [1.165, 1.54) is 5.56 Å². The minimum atomic E-state index is 0.407. The van der Waals surface area contributed by atoms with Crippen LogP contribution in [0, 0.1) is 18.3 Å². The van der Waals surface area contributed by atoms with Crippen molar-refractivity contribution in [3.8, 4) is 6.07 Å². The highest BCUT2D eigenvalue weighted by molar-refractivity contribution is 5.57. The van der Waals surface area contributed by atoms with Crippen LogP contribution in [0.4, 0.5) is 5.82 Å².